The number of ether oxygens (including phenoxy) is 2. The Bertz CT molecular complexity index is 1240. The second kappa shape index (κ2) is 10.2. The zero-order valence-corrected chi connectivity index (χ0v) is 18.2. The van der Waals surface area contributed by atoms with E-state index in [0.29, 0.717) is 18.7 Å². The number of carbonyl (C=O) groups excluding carboxylic acids is 1. The number of allylic oxidation sites excluding steroid dienone is 1. The van der Waals surface area contributed by atoms with E-state index in [2.05, 4.69) is 11.3 Å². The summed E-state index contributed by atoms with van der Waals surface area (Å²) in [5.41, 5.74) is 0.0241. The van der Waals surface area contributed by atoms with Gasteiger partial charge in [-0.1, -0.05) is 12.1 Å². The third-order valence-corrected chi connectivity index (χ3v) is 5.98. The largest absolute Gasteiger partial charge is 0.493 e. The Morgan fingerprint density at radius 1 is 1.34 bits per heavy atom. The first-order valence-electron chi connectivity index (χ1n) is 9.78. The number of nitriles is 1. The van der Waals surface area contributed by atoms with Gasteiger partial charge in [0.25, 0.3) is 11.5 Å². The number of halogens is 2. The van der Waals surface area contributed by atoms with Crippen LogP contribution >= 0.6 is 11.3 Å². The van der Waals surface area contributed by atoms with Gasteiger partial charge >= 0.3 is 6.61 Å². The van der Waals surface area contributed by atoms with E-state index in [4.69, 9.17) is 4.74 Å². The maximum absolute atomic E-state index is 13.0. The highest BCUT2D eigenvalue weighted by molar-refractivity contribution is 7.07. The molecule has 1 aliphatic heterocycles. The molecule has 3 rings (SSSR count). The van der Waals surface area contributed by atoms with E-state index in [1.54, 1.807) is 11.0 Å². The Morgan fingerprint density at radius 2 is 2.06 bits per heavy atom. The van der Waals surface area contributed by atoms with Crippen molar-refractivity contribution < 1.29 is 23.0 Å². The van der Waals surface area contributed by atoms with Gasteiger partial charge in [0.05, 0.1) is 11.6 Å². The summed E-state index contributed by atoms with van der Waals surface area (Å²) in [7, 11) is 1.32. The topological polar surface area (TPSA) is 84.6 Å². The van der Waals surface area contributed by atoms with E-state index in [0.717, 1.165) is 24.2 Å². The minimum atomic E-state index is -3.00. The van der Waals surface area contributed by atoms with Gasteiger partial charge in [0, 0.05) is 19.6 Å². The minimum absolute atomic E-state index is 0.0794. The Balaban J connectivity index is 2.16. The highest BCUT2D eigenvalue weighted by Gasteiger charge is 2.24. The monoisotopic (exact) mass is 461 g/mol. The number of alkyl halides is 2. The fourth-order valence-electron chi connectivity index (χ4n) is 3.38. The van der Waals surface area contributed by atoms with Crippen molar-refractivity contribution in [1.82, 2.24) is 9.47 Å². The summed E-state index contributed by atoms with van der Waals surface area (Å²) in [4.78, 5) is 27.5. The van der Waals surface area contributed by atoms with Crippen molar-refractivity contribution in [2.45, 2.75) is 26.0 Å². The molecule has 1 amide bonds. The molecule has 0 saturated carbocycles. The van der Waals surface area contributed by atoms with Crippen LogP contribution in [0.25, 0.3) is 11.6 Å². The molecule has 1 aliphatic rings. The number of hydrogen-bond donors (Lipinski definition) is 0. The average Bonchev–Trinajstić information content (AvgIpc) is 3.40. The van der Waals surface area contributed by atoms with Crippen LogP contribution in [0.15, 0.2) is 35.6 Å². The number of rotatable bonds is 7. The molecule has 1 fully saturated rings. The van der Waals surface area contributed by atoms with Crippen LogP contribution in [0.2, 0.25) is 0 Å². The summed E-state index contributed by atoms with van der Waals surface area (Å²) in [5.74, 6) is -0.451. The molecule has 0 spiro atoms. The highest BCUT2D eigenvalue weighted by Crippen LogP contribution is 2.29. The molecule has 168 valence electrons. The van der Waals surface area contributed by atoms with Crippen LogP contribution in [-0.4, -0.2) is 42.2 Å². The summed E-state index contributed by atoms with van der Waals surface area (Å²) in [6.07, 6.45) is 4.80. The molecule has 32 heavy (non-hydrogen) atoms. The van der Waals surface area contributed by atoms with Crippen molar-refractivity contribution in [3.8, 4) is 17.6 Å². The van der Waals surface area contributed by atoms with Gasteiger partial charge < -0.3 is 14.4 Å². The number of methoxy groups -OCH3 is 1. The van der Waals surface area contributed by atoms with Gasteiger partial charge in [-0.3, -0.25) is 14.2 Å². The second-order valence-electron chi connectivity index (χ2n) is 6.90. The molecule has 0 bridgehead atoms. The maximum atomic E-state index is 13.0. The molecule has 2 heterocycles. The predicted octanol–water partition coefficient (Wildman–Crippen LogP) is 1.83. The van der Waals surface area contributed by atoms with Crippen LogP contribution in [0.3, 0.4) is 0 Å². The number of aromatic nitrogens is 1. The first-order valence-corrected chi connectivity index (χ1v) is 10.6. The normalized spacial score (nSPS) is 15.0. The average molecular weight is 461 g/mol. The molecule has 7 nitrogen and oxygen atoms in total. The lowest BCUT2D eigenvalue weighted by atomic mass is 10.2. The lowest BCUT2D eigenvalue weighted by Gasteiger charge is -2.13. The summed E-state index contributed by atoms with van der Waals surface area (Å²) in [6, 6.07) is 6.24. The Labute approximate surface area is 186 Å². The molecule has 0 radical (unpaired) electrons. The molecule has 1 saturated heterocycles. The van der Waals surface area contributed by atoms with Crippen LogP contribution < -0.4 is 24.2 Å². The lowest BCUT2D eigenvalue weighted by molar-refractivity contribution is -0.123. The van der Waals surface area contributed by atoms with Gasteiger partial charge in [-0.2, -0.15) is 14.0 Å². The van der Waals surface area contributed by atoms with Crippen LogP contribution in [0.4, 0.5) is 8.78 Å². The third kappa shape index (κ3) is 4.89. The summed E-state index contributed by atoms with van der Waals surface area (Å²) >= 11 is 1.02. The minimum Gasteiger partial charge on any atom is -0.493 e. The van der Waals surface area contributed by atoms with Gasteiger partial charge in [-0.05, 0) is 36.6 Å². The molecule has 0 aliphatic carbocycles. The van der Waals surface area contributed by atoms with E-state index in [1.807, 2.05) is 6.07 Å². The van der Waals surface area contributed by atoms with E-state index in [-0.39, 0.29) is 32.8 Å². The highest BCUT2D eigenvalue weighted by atomic mass is 32.1. The van der Waals surface area contributed by atoms with Crippen LogP contribution in [0, 0.1) is 11.3 Å². The summed E-state index contributed by atoms with van der Waals surface area (Å²) in [5, 5.41) is 9.69. The number of amides is 1. The van der Waals surface area contributed by atoms with Crippen molar-refractivity contribution in [3.63, 3.8) is 0 Å². The quantitative estimate of drug-likeness (QED) is 0.588. The number of hydrogen-bond acceptors (Lipinski definition) is 6. The Kier molecular flexibility index (Phi) is 7.43. The number of benzene rings is 1. The Hall–Kier alpha value is -3.45. The van der Waals surface area contributed by atoms with Crippen LogP contribution in [0.1, 0.15) is 18.4 Å². The van der Waals surface area contributed by atoms with Crippen molar-refractivity contribution >= 4 is 28.9 Å². The smallest absolute Gasteiger partial charge is 0.387 e. The first-order chi connectivity index (χ1) is 15.4. The van der Waals surface area contributed by atoms with Crippen molar-refractivity contribution in [3.05, 3.63) is 56.0 Å². The van der Waals surface area contributed by atoms with Gasteiger partial charge in [0.2, 0.25) is 0 Å². The molecule has 0 atom stereocenters. The number of likely N-dealkylation sites (tertiary alicyclic amines) is 1. The molecule has 0 N–H and O–H groups in total. The maximum Gasteiger partial charge on any atom is 0.387 e. The lowest BCUT2D eigenvalue weighted by Crippen LogP contribution is -2.35. The van der Waals surface area contributed by atoms with Crippen LogP contribution in [-0.2, 0) is 11.3 Å². The molecule has 2 aromatic rings. The number of carbonyl (C=O) groups is 1. The standard InChI is InChI=1S/C22H21F2N3O4S/c1-3-8-27-20(29)18(12-14-6-7-16(31-22(23)24)17(11-14)30-2)32-21(27)15(13-25)19(28)26-9-4-5-10-26/h3,6-7,11-12,22H,1,4-5,8-10H2,2H3/b18-12+,21-15+. The number of nitrogens with zero attached hydrogens (tertiary/aromatic N) is 3. The van der Waals surface area contributed by atoms with E-state index in [1.165, 1.54) is 36.0 Å². The third-order valence-electron chi connectivity index (χ3n) is 4.85. The van der Waals surface area contributed by atoms with Crippen molar-refractivity contribution in [2.75, 3.05) is 20.2 Å². The van der Waals surface area contributed by atoms with Gasteiger partial charge in [-0.25, -0.2) is 0 Å². The van der Waals surface area contributed by atoms with Crippen molar-refractivity contribution in [2.24, 2.45) is 0 Å². The molecule has 1 aromatic carbocycles. The molecule has 10 heteroatoms. The molecular formula is C22H21F2N3O4S. The zero-order chi connectivity index (χ0) is 23.3. The van der Waals surface area contributed by atoms with E-state index in [9.17, 15) is 23.6 Å². The van der Waals surface area contributed by atoms with Gasteiger partial charge in [0.1, 0.15) is 10.7 Å². The molecular weight excluding hydrogens is 440 g/mol. The molecule has 0 unspecified atom stereocenters. The van der Waals surface area contributed by atoms with Crippen LogP contribution in [0.5, 0.6) is 11.5 Å². The summed E-state index contributed by atoms with van der Waals surface area (Å²) < 4.78 is 36.5. The fourth-order valence-corrected chi connectivity index (χ4v) is 4.49. The van der Waals surface area contributed by atoms with Gasteiger partial charge in [0.15, 0.2) is 17.1 Å². The second-order valence-corrected chi connectivity index (χ2v) is 7.93. The van der Waals surface area contributed by atoms with E-state index >= 15 is 0 Å². The SMILES string of the molecule is C=CCn1c(=O)/c(=C\c2ccc(OC(F)F)c(OC)c2)s/c1=C(\C#N)C(=O)N1CCCC1. The number of thiazole rings is 1. The molecule has 1 aromatic heterocycles. The van der Waals surface area contributed by atoms with Crippen molar-refractivity contribution in [1.29, 1.82) is 5.26 Å². The summed E-state index contributed by atoms with van der Waals surface area (Å²) in [6.45, 7) is 1.93. The first kappa shape index (κ1) is 23.2. The fraction of sp³-hybridized carbons (Fsp3) is 0.318. The Morgan fingerprint density at radius 3 is 2.66 bits per heavy atom. The van der Waals surface area contributed by atoms with E-state index < -0.39 is 18.1 Å². The zero-order valence-electron chi connectivity index (χ0n) is 17.3. The predicted molar refractivity (Wildman–Crippen MR) is 116 cm³/mol. The van der Waals surface area contributed by atoms with Gasteiger partial charge in [-0.15, -0.1) is 17.9 Å².